The molecule has 6 aliphatic rings. The van der Waals surface area contributed by atoms with Crippen LogP contribution in [0.4, 0.5) is 0 Å². The van der Waals surface area contributed by atoms with Crippen molar-refractivity contribution in [1.82, 2.24) is 4.90 Å². The first kappa shape index (κ1) is 16.1. The van der Waals surface area contributed by atoms with Gasteiger partial charge in [0.25, 0.3) is 0 Å². The third kappa shape index (κ3) is 2.44. The maximum Gasteiger partial charge on any atom is 0.240 e. The zero-order valence-corrected chi connectivity index (χ0v) is 14.8. The fraction of sp³-hybridized carbons (Fsp3) is 0.900. The number of nitrogens with zero attached hydrogens (tertiary/aromatic N) is 2. The molecule has 1 saturated heterocycles. The standard InChI is InChI=1S/C20H29N3O2/c21-10-15-5-14-6-18(14)23(15)19(24)17(22)7-16-13-3-11-1-2-12(4-13)9-20(16,25)8-11/h11-18,25H,1-9,22H2/t11?,12?,13?,14-,15+,16?,17+,18+,20?/m1/s1. The Morgan fingerprint density at radius 3 is 2.48 bits per heavy atom. The first-order valence-electron chi connectivity index (χ1n) is 10.2. The summed E-state index contributed by atoms with van der Waals surface area (Å²) in [5.74, 6) is 2.50. The lowest BCUT2D eigenvalue weighted by Crippen LogP contribution is -2.55. The summed E-state index contributed by atoms with van der Waals surface area (Å²) in [5, 5.41) is 20.7. The predicted molar refractivity (Wildman–Crippen MR) is 92.0 cm³/mol. The van der Waals surface area contributed by atoms with Crippen molar-refractivity contribution in [3.05, 3.63) is 0 Å². The van der Waals surface area contributed by atoms with Crippen LogP contribution in [0.5, 0.6) is 0 Å². The summed E-state index contributed by atoms with van der Waals surface area (Å²) in [4.78, 5) is 14.7. The number of hydrogen-bond donors (Lipinski definition) is 2. The van der Waals surface area contributed by atoms with Gasteiger partial charge in [-0.15, -0.1) is 0 Å². The SMILES string of the molecule is N#C[C@@H]1C[C@@H]2C[C@@H]2N1C(=O)[C@@H](N)CC1C2CC3CCC(C2)CC1(O)C3. The molecule has 0 aromatic carbocycles. The molecule has 25 heavy (non-hydrogen) atoms. The minimum atomic E-state index is -0.605. The number of carbonyl (C=O) groups excluding carboxylic acids is 1. The summed E-state index contributed by atoms with van der Waals surface area (Å²) in [7, 11) is 0. The number of hydrogen-bond acceptors (Lipinski definition) is 4. The Kier molecular flexibility index (Phi) is 3.50. The number of rotatable bonds is 3. The first-order valence-corrected chi connectivity index (χ1v) is 10.2. The van der Waals surface area contributed by atoms with E-state index in [0.717, 1.165) is 25.7 Å². The van der Waals surface area contributed by atoms with E-state index in [9.17, 15) is 15.2 Å². The lowest BCUT2D eigenvalue weighted by atomic mass is 9.57. The second-order valence-corrected chi connectivity index (χ2v) is 9.69. The number of amides is 1. The zero-order chi connectivity index (χ0) is 17.3. The summed E-state index contributed by atoms with van der Waals surface area (Å²) < 4.78 is 0. The Balaban J connectivity index is 1.32. The summed E-state index contributed by atoms with van der Waals surface area (Å²) in [6, 6.07) is 1.69. The van der Waals surface area contributed by atoms with Gasteiger partial charge in [0.2, 0.25) is 5.91 Å². The van der Waals surface area contributed by atoms with Gasteiger partial charge in [-0.25, -0.2) is 0 Å². The predicted octanol–water partition coefficient (Wildman–Crippen LogP) is 1.79. The largest absolute Gasteiger partial charge is 0.390 e. The van der Waals surface area contributed by atoms with Gasteiger partial charge in [-0.1, -0.05) is 12.8 Å². The molecule has 6 rings (SSSR count). The van der Waals surface area contributed by atoms with E-state index in [4.69, 9.17) is 5.73 Å². The van der Waals surface area contributed by atoms with Crippen LogP contribution in [0.2, 0.25) is 0 Å². The molecule has 5 nitrogen and oxygen atoms in total. The molecular weight excluding hydrogens is 314 g/mol. The van der Waals surface area contributed by atoms with Crippen molar-refractivity contribution in [2.75, 3.05) is 0 Å². The van der Waals surface area contributed by atoms with Gasteiger partial charge in [-0.2, -0.15) is 5.26 Å². The maximum atomic E-state index is 13.0. The lowest BCUT2D eigenvalue weighted by molar-refractivity contribution is -0.142. The van der Waals surface area contributed by atoms with E-state index in [2.05, 4.69) is 6.07 Å². The quantitative estimate of drug-likeness (QED) is 0.817. The highest BCUT2D eigenvalue weighted by Gasteiger charge is 2.57. The molecule has 3 N–H and O–H groups in total. The molecule has 1 heterocycles. The summed E-state index contributed by atoms with van der Waals surface area (Å²) in [6.45, 7) is 0. The van der Waals surface area contributed by atoms with Crippen molar-refractivity contribution < 1.29 is 9.90 Å². The number of likely N-dealkylation sites (tertiary alicyclic amines) is 1. The first-order chi connectivity index (χ1) is 12.0. The van der Waals surface area contributed by atoms with Crippen LogP contribution >= 0.6 is 0 Å². The fourth-order valence-corrected chi connectivity index (χ4v) is 7.05. The van der Waals surface area contributed by atoms with E-state index >= 15 is 0 Å². The Labute approximate surface area is 149 Å². The van der Waals surface area contributed by atoms with E-state index in [1.807, 2.05) is 0 Å². The number of nitrogens with two attached hydrogens (primary N) is 1. The molecule has 6 fully saturated rings. The van der Waals surface area contributed by atoms with Gasteiger partial charge in [0.05, 0.1) is 17.7 Å². The van der Waals surface area contributed by atoms with E-state index in [1.165, 1.54) is 25.7 Å². The highest BCUT2D eigenvalue weighted by atomic mass is 16.3. The van der Waals surface area contributed by atoms with Crippen LogP contribution in [-0.4, -0.2) is 39.6 Å². The van der Waals surface area contributed by atoms with Crippen molar-refractivity contribution >= 4 is 5.91 Å². The van der Waals surface area contributed by atoms with Crippen LogP contribution in [0, 0.1) is 40.9 Å². The molecule has 0 aromatic heterocycles. The van der Waals surface area contributed by atoms with Gasteiger partial charge in [0.1, 0.15) is 6.04 Å². The Bertz CT molecular complexity index is 613. The average molecular weight is 343 g/mol. The molecule has 5 aliphatic carbocycles. The number of fused-ring (bicyclic) bond motifs is 2. The lowest BCUT2D eigenvalue weighted by Gasteiger charge is -2.52. The highest BCUT2D eigenvalue weighted by Crippen LogP contribution is 2.57. The van der Waals surface area contributed by atoms with Crippen molar-refractivity contribution in [2.24, 2.45) is 35.3 Å². The minimum absolute atomic E-state index is 0.0493. The third-order valence-corrected chi connectivity index (χ3v) is 8.13. The van der Waals surface area contributed by atoms with Crippen LogP contribution in [0.15, 0.2) is 0 Å². The van der Waals surface area contributed by atoms with Crippen LogP contribution < -0.4 is 5.73 Å². The van der Waals surface area contributed by atoms with Crippen molar-refractivity contribution in [1.29, 1.82) is 5.26 Å². The molecule has 1 amide bonds. The second-order valence-electron chi connectivity index (χ2n) is 9.69. The maximum absolute atomic E-state index is 13.0. The topological polar surface area (TPSA) is 90.4 Å². The number of piperidine rings is 1. The molecule has 4 bridgehead atoms. The van der Waals surface area contributed by atoms with E-state index in [-0.39, 0.29) is 23.9 Å². The molecule has 5 saturated carbocycles. The van der Waals surface area contributed by atoms with Gasteiger partial charge in [-0.3, -0.25) is 4.79 Å². The molecule has 0 spiro atoms. The second kappa shape index (κ2) is 5.44. The van der Waals surface area contributed by atoms with Crippen LogP contribution in [0.25, 0.3) is 0 Å². The average Bonchev–Trinajstić information content (AvgIpc) is 3.29. The Morgan fingerprint density at radius 2 is 1.88 bits per heavy atom. The molecular formula is C20H29N3O2. The monoisotopic (exact) mass is 343 g/mol. The molecule has 136 valence electrons. The van der Waals surface area contributed by atoms with Crippen LogP contribution in [0.1, 0.15) is 57.8 Å². The van der Waals surface area contributed by atoms with Crippen molar-refractivity contribution in [2.45, 2.75) is 81.5 Å². The van der Waals surface area contributed by atoms with Gasteiger partial charge < -0.3 is 15.7 Å². The number of carbonyl (C=O) groups is 1. The summed E-state index contributed by atoms with van der Waals surface area (Å²) in [6.07, 6.45) is 9.20. The van der Waals surface area contributed by atoms with E-state index < -0.39 is 11.6 Å². The molecule has 3 unspecified atom stereocenters. The molecule has 1 aliphatic heterocycles. The Morgan fingerprint density at radius 1 is 1.20 bits per heavy atom. The normalized spacial score (nSPS) is 50.9. The third-order valence-electron chi connectivity index (χ3n) is 8.13. The summed E-state index contributed by atoms with van der Waals surface area (Å²) in [5.41, 5.74) is 5.76. The van der Waals surface area contributed by atoms with Gasteiger partial charge in [0.15, 0.2) is 0 Å². The zero-order valence-electron chi connectivity index (χ0n) is 14.8. The smallest absolute Gasteiger partial charge is 0.240 e. The van der Waals surface area contributed by atoms with Crippen LogP contribution in [-0.2, 0) is 4.79 Å². The molecule has 5 heteroatoms. The van der Waals surface area contributed by atoms with Gasteiger partial charge in [-0.05, 0) is 74.5 Å². The van der Waals surface area contributed by atoms with Crippen molar-refractivity contribution in [3.8, 4) is 6.07 Å². The van der Waals surface area contributed by atoms with E-state index in [0.29, 0.717) is 30.1 Å². The minimum Gasteiger partial charge on any atom is -0.390 e. The van der Waals surface area contributed by atoms with Crippen LogP contribution in [0.3, 0.4) is 0 Å². The molecule has 0 aromatic rings. The number of nitriles is 1. The molecule has 0 radical (unpaired) electrons. The summed E-state index contributed by atoms with van der Waals surface area (Å²) >= 11 is 0. The highest BCUT2D eigenvalue weighted by molar-refractivity contribution is 5.83. The van der Waals surface area contributed by atoms with E-state index in [1.54, 1.807) is 4.90 Å². The van der Waals surface area contributed by atoms with Crippen molar-refractivity contribution in [3.63, 3.8) is 0 Å². The van der Waals surface area contributed by atoms with Gasteiger partial charge >= 0.3 is 0 Å². The molecule has 7 atom stereocenters. The fourth-order valence-electron chi connectivity index (χ4n) is 7.05. The number of aliphatic hydroxyl groups is 1. The Hall–Kier alpha value is -1.12. The van der Waals surface area contributed by atoms with Gasteiger partial charge in [0, 0.05) is 6.04 Å².